The first-order valence-electron chi connectivity index (χ1n) is 5.19. The molecule has 0 radical (unpaired) electrons. The van der Waals surface area contributed by atoms with Crippen LogP contribution in [0.3, 0.4) is 0 Å². The number of nitrogens with one attached hydrogen (secondary N) is 2. The summed E-state index contributed by atoms with van der Waals surface area (Å²) in [6.45, 7) is 4.01. The van der Waals surface area contributed by atoms with E-state index >= 15 is 0 Å². The van der Waals surface area contributed by atoms with Gasteiger partial charge in [0.2, 0.25) is 5.91 Å². The zero-order chi connectivity index (χ0) is 11.1. The van der Waals surface area contributed by atoms with Crippen molar-refractivity contribution in [1.29, 1.82) is 0 Å². The lowest BCUT2D eigenvalue weighted by atomic mass is 10.4. The van der Waals surface area contributed by atoms with E-state index in [-0.39, 0.29) is 5.91 Å². The molecule has 0 aliphatic heterocycles. The molecule has 0 fully saturated rings. The largest absolute Gasteiger partial charge is 0.356 e. The van der Waals surface area contributed by atoms with E-state index in [4.69, 9.17) is 0 Å². The van der Waals surface area contributed by atoms with Crippen molar-refractivity contribution < 1.29 is 4.79 Å². The minimum Gasteiger partial charge on any atom is -0.356 e. The first-order valence-corrected chi connectivity index (χ1v) is 5.19. The Labute approximate surface area is 89.9 Å². The van der Waals surface area contributed by atoms with Crippen molar-refractivity contribution in [2.45, 2.75) is 26.4 Å². The number of aryl methyl sites for hydroxylation is 1. The normalized spacial score (nSPS) is 10.3. The number of carbonyl (C=O) groups is 1. The highest BCUT2D eigenvalue weighted by molar-refractivity contribution is 5.75. The Morgan fingerprint density at radius 1 is 1.60 bits per heavy atom. The lowest BCUT2D eigenvalue weighted by Gasteiger charge is -2.07. The summed E-state index contributed by atoms with van der Waals surface area (Å²) in [5.74, 6) is 1.04. The lowest BCUT2D eigenvalue weighted by molar-refractivity contribution is -0.121. The maximum atomic E-state index is 11.2. The van der Waals surface area contributed by atoms with Crippen LogP contribution in [0.15, 0.2) is 12.4 Å². The smallest absolute Gasteiger partial charge is 0.221 e. The van der Waals surface area contributed by atoms with Crippen molar-refractivity contribution >= 4 is 5.91 Å². The van der Waals surface area contributed by atoms with Crippen LogP contribution in [0.2, 0.25) is 0 Å². The molecule has 1 aromatic heterocycles. The third-order valence-electron chi connectivity index (χ3n) is 2.09. The fourth-order valence-corrected chi connectivity index (χ4v) is 1.38. The molecule has 5 heteroatoms. The average molecular weight is 210 g/mol. The monoisotopic (exact) mass is 210 g/mol. The molecule has 84 valence electrons. The van der Waals surface area contributed by atoms with Gasteiger partial charge in [-0.25, -0.2) is 4.98 Å². The first-order chi connectivity index (χ1) is 7.27. The molecule has 1 amide bonds. The molecule has 2 N–H and O–H groups in total. The Balaban J connectivity index is 2.42. The van der Waals surface area contributed by atoms with Crippen LogP contribution < -0.4 is 10.6 Å². The van der Waals surface area contributed by atoms with E-state index in [2.05, 4.69) is 15.6 Å². The van der Waals surface area contributed by atoms with Crippen LogP contribution in [0, 0.1) is 0 Å². The number of aromatic nitrogens is 2. The number of imidazole rings is 1. The number of amides is 1. The molecule has 15 heavy (non-hydrogen) atoms. The fourth-order valence-electron chi connectivity index (χ4n) is 1.38. The Kier molecular flexibility index (Phi) is 4.83. The minimum absolute atomic E-state index is 0.0848. The quantitative estimate of drug-likeness (QED) is 0.701. The van der Waals surface area contributed by atoms with Crippen LogP contribution in [0.4, 0.5) is 0 Å². The van der Waals surface area contributed by atoms with Crippen LogP contribution >= 0.6 is 0 Å². The predicted molar refractivity (Wildman–Crippen MR) is 58.3 cm³/mol. The van der Waals surface area contributed by atoms with Gasteiger partial charge in [-0.2, -0.15) is 0 Å². The van der Waals surface area contributed by atoms with Gasteiger partial charge in [0.25, 0.3) is 0 Å². The fraction of sp³-hybridized carbons (Fsp3) is 0.600. The summed E-state index contributed by atoms with van der Waals surface area (Å²) < 4.78 is 1.99. The zero-order valence-corrected chi connectivity index (χ0v) is 9.29. The van der Waals surface area contributed by atoms with Crippen molar-refractivity contribution in [3.8, 4) is 0 Å². The molecular formula is C10H18N4O. The number of hydrogen-bond donors (Lipinski definition) is 2. The second-order valence-electron chi connectivity index (χ2n) is 3.27. The summed E-state index contributed by atoms with van der Waals surface area (Å²) in [5, 5.41) is 5.81. The molecule has 0 bridgehead atoms. The summed E-state index contributed by atoms with van der Waals surface area (Å²) in [6.07, 6.45) is 4.15. The Bertz CT molecular complexity index is 308. The number of nitrogens with zero attached hydrogens (tertiary/aromatic N) is 2. The van der Waals surface area contributed by atoms with Gasteiger partial charge in [-0.3, -0.25) is 4.79 Å². The Morgan fingerprint density at radius 3 is 3.07 bits per heavy atom. The summed E-state index contributed by atoms with van der Waals surface area (Å²) in [5.41, 5.74) is 0. The summed E-state index contributed by atoms with van der Waals surface area (Å²) >= 11 is 0. The zero-order valence-electron chi connectivity index (χ0n) is 9.29. The van der Waals surface area contributed by atoms with Gasteiger partial charge in [0.1, 0.15) is 5.82 Å². The van der Waals surface area contributed by atoms with Crippen molar-refractivity contribution in [3.63, 3.8) is 0 Å². The SMILES string of the molecule is CCNC(=O)CCn1ccnc1CNC. The molecule has 5 nitrogen and oxygen atoms in total. The molecular weight excluding hydrogens is 192 g/mol. The van der Waals surface area contributed by atoms with Crippen LogP contribution in [0.1, 0.15) is 19.2 Å². The van der Waals surface area contributed by atoms with E-state index in [1.165, 1.54) is 0 Å². The highest BCUT2D eigenvalue weighted by Crippen LogP contribution is 1.98. The molecule has 0 saturated heterocycles. The van der Waals surface area contributed by atoms with Crippen LogP contribution in [0.25, 0.3) is 0 Å². The molecule has 1 heterocycles. The highest BCUT2D eigenvalue weighted by atomic mass is 16.1. The highest BCUT2D eigenvalue weighted by Gasteiger charge is 2.04. The van der Waals surface area contributed by atoms with Gasteiger partial charge in [0, 0.05) is 31.9 Å². The van der Waals surface area contributed by atoms with Gasteiger partial charge in [-0.05, 0) is 14.0 Å². The average Bonchev–Trinajstić information content (AvgIpc) is 2.64. The van der Waals surface area contributed by atoms with E-state index in [0.717, 1.165) is 12.4 Å². The molecule has 0 atom stereocenters. The van der Waals surface area contributed by atoms with E-state index < -0.39 is 0 Å². The third kappa shape index (κ3) is 3.71. The maximum Gasteiger partial charge on any atom is 0.221 e. The van der Waals surface area contributed by atoms with Gasteiger partial charge < -0.3 is 15.2 Å². The van der Waals surface area contributed by atoms with Gasteiger partial charge in [0.05, 0.1) is 6.54 Å². The van der Waals surface area contributed by atoms with Gasteiger partial charge in [0.15, 0.2) is 0 Å². The third-order valence-corrected chi connectivity index (χ3v) is 2.09. The van der Waals surface area contributed by atoms with Gasteiger partial charge >= 0.3 is 0 Å². The summed E-state index contributed by atoms with van der Waals surface area (Å²) in [4.78, 5) is 15.4. The van der Waals surface area contributed by atoms with Crippen molar-refractivity contribution in [3.05, 3.63) is 18.2 Å². The predicted octanol–water partition coefficient (Wildman–Crippen LogP) is 0.129. The van der Waals surface area contributed by atoms with Crippen molar-refractivity contribution in [2.24, 2.45) is 0 Å². The van der Waals surface area contributed by atoms with Gasteiger partial charge in [-0.1, -0.05) is 0 Å². The summed E-state index contributed by atoms with van der Waals surface area (Å²) in [7, 11) is 1.88. The second kappa shape index (κ2) is 6.19. The molecule has 1 rings (SSSR count). The number of carbonyl (C=O) groups excluding carboxylic acids is 1. The van der Waals surface area contributed by atoms with Crippen molar-refractivity contribution in [2.75, 3.05) is 13.6 Å². The molecule has 1 aromatic rings. The standard InChI is InChI=1S/C10H18N4O/c1-3-12-10(15)4-6-14-7-5-13-9(14)8-11-2/h5,7,11H,3-4,6,8H2,1-2H3,(H,12,15). The van der Waals surface area contributed by atoms with Crippen LogP contribution in [0.5, 0.6) is 0 Å². The molecule has 0 aliphatic carbocycles. The molecule has 0 spiro atoms. The van der Waals surface area contributed by atoms with E-state index in [9.17, 15) is 4.79 Å². The van der Waals surface area contributed by atoms with Gasteiger partial charge in [-0.15, -0.1) is 0 Å². The molecule has 0 saturated carbocycles. The van der Waals surface area contributed by atoms with Crippen LogP contribution in [-0.2, 0) is 17.9 Å². The minimum atomic E-state index is 0.0848. The van der Waals surface area contributed by atoms with E-state index in [1.54, 1.807) is 6.20 Å². The first kappa shape index (κ1) is 11.7. The molecule has 0 aromatic carbocycles. The van der Waals surface area contributed by atoms with Crippen LogP contribution in [-0.4, -0.2) is 29.1 Å². The topological polar surface area (TPSA) is 59.0 Å². The van der Waals surface area contributed by atoms with E-state index in [1.807, 2.05) is 24.7 Å². The summed E-state index contributed by atoms with van der Waals surface area (Å²) in [6, 6.07) is 0. The lowest BCUT2D eigenvalue weighted by Crippen LogP contribution is -2.24. The van der Waals surface area contributed by atoms with Crippen molar-refractivity contribution in [1.82, 2.24) is 20.2 Å². The molecule has 0 aliphatic rings. The van der Waals surface area contributed by atoms with E-state index in [0.29, 0.717) is 19.5 Å². The molecule has 0 unspecified atom stereocenters. The Hall–Kier alpha value is -1.36. The number of rotatable bonds is 6. The number of hydrogen-bond acceptors (Lipinski definition) is 3. The maximum absolute atomic E-state index is 11.2. The Morgan fingerprint density at radius 2 is 2.40 bits per heavy atom. The second-order valence-corrected chi connectivity index (χ2v) is 3.27.